The Bertz CT molecular complexity index is 1310. The first kappa shape index (κ1) is 19.9. The summed E-state index contributed by atoms with van der Waals surface area (Å²) in [5.41, 5.74) is 4.03. The highest BCUT2D eigenvalue weighted by atomic mass is 19.1. The van der Waals surface area contributed by atoms with E-state index >= 15 is 0 Å². The Morgan fingerprint density at radius 2 is 1.50 bits per heavy atom. The lowest BCUT2D eigenvalue weighted by Gasteiger charge is -2.20. The molecule has 1 aromatic heterocycles. The monoisotopic (exact) mass is 427 g/mol. The third-order valence-electron chi connectivity index (χ3n) is 5.23. The van der Waals surface area contributed by atoms with Gasteiger partial charge < -0.3 is 9.15 Å². The lowest BCUT2D eigenvalue weighted by atomic mass is 10.0. The normalized spacial score (nSPS) is 12.1. The topological polar surface area (TPSA) is 35.3 Å². The summed E-state index contributed by atoms with van der Waals surface area (Å²) >= 11 is 0. The molecule has 1 unspecified atom stereocenters. The standard InChI is InChI=1S/C27H19F2NO2/c28-21-12-8-18(9-13-21)16-26(19-10-14-22(29)15-11-19)31-23-5-3-4-20(17-23)27-30-24-6-1-2-7-25(24)32-27/h1-15,17,26H,16H2. The number of rotatable bonds is 6. The van der Waals surface area contributed by atoms with Gasteiger partial charge in [0.2, 0.25) is 5.89 Å². The van der Waals surface area contributed by atoms with E-state index in [0.29, 0.717) is 23.6 Å². The number of ether oxygens (including phenoxy) is 1. The average molecular weight is 427 g/mol. The molecule has 5 aromatic rings. The Balaban J connectivity index is 1.45. The first-order chi connectivity index (χ1) is 15.6. The molecule has 1 atom stereocenters. The quantitative estimate of drug-likeness (QED) is 0.289. The molecule has 0 aliphatic rings. The van der Waals surface area contributed by atoms with E-state index in [1.54, 1.807) is 24.3 Å². The number of oxazole rings is 1. The maximum Gasteiger partial charge on any atom is 0.227 e. The largest absolute Gasteiger partial charge is 0.485 e. The fourth-order valence-corrected chi connectivity index (χ4v) is 3.60. The van der Waals surface area contributed by atoms with Crippen molar-refractivity contribution < 1.29 is 17.9 Å². The van der Waals surface area contributed by atoms with Crippen LogP contribution in [0.3, 0.4) is 0 Å². The van der Waals surface area contributed by atoms with Crippen molar-refractivity contribution in [1.29, 1.82) is 0 Å². The molecular formula is C27H19F2NO2. The SMILES string of the molecule is Fc1ccc(CC(Oc2cccc(-c3nc4ccccc4o3)c2)c2ccc(F)cc2)cc1. The molecule has 0 aliphatic heterocycles. The third kappa shape index (κ3) is 4.37. The second-order valence-corrected chi connectivity index (χ2v) is 7.50. The van der Waals surface area contributed by atoms with E-state index in [4.69, 9.17) is 9.15 Å². The van der Waals surface area contributed by atoms with Gasteiger partial charge in [-0.2, -0.15) is 0 Å². The van der Waals surface area contributed by atoms with Gasteiger partial charge in [0, 0.05) is 12.0 Å². The number of para-hydroxylation sites is 2. The van der Waals surface area contributed by atoms with E-state index in [9.17, 15) is 8.78 Å². The molecule has 32 heavy (non-hydrogen) atoms. The summed E-state index contributed by atoms with van der Waals surface area (Å²) in [4.78, 5) is 4.55. The summed E-state index contributed by atoms with van der Waals surface area (Å²) in [6.45, 7) is 0. The molecule has 0 fully saturated rings. The minimum absolute atomic E-state index is 0.293. The van der Waals surface area contributed by atoms with E-state index in [1.165, 1.54) is 24.3 Å². The lowest BCUT2D eigenvalue weighted by Crippen LogP contribution is -2.11. The predicted octanol–water partition coefficient (Wildman–Crippen LogP) is 7.14. The zero-order valence-corrected chi connectivity index (χ0v) is 17.0. The average Bonchev–Trinajstić information content (AvgIpc) is 3.25. The molecule has 3 nitrogen and oxygen atoms in total. The van der Waals surface area contributed by atoms with Gasteiger partial charge in [0.05, 0.1) is 0 Å². The molecule has 0 saturated heterocycles. The van der Waals surface area contributed by atoms with Gasteiger partial charge in [-0.1, -0.05) is 42.5 Å². The highest BCUT2D eigenvalue weighted by molar-refractivity contribution is 5.76. The van der Waals surface area contributed by atoms with Crippen LogP contribution in [0.2, 0.25) is 0 Å². The fraction of sp³-hybridized carbons (Fsp3) is 0.0741. The smallest absolute Gasteiger partial charge is 0.227 e. The van der Waals surface area contributed by atoms with E-state index in [-0.39, 0.29) is 17.7 Å². The summed E-state index contributed by atoms with van der Waals surface area (Å²) in [5, 5.41) is 0. The summed E-state index contributed by atoms with van der Waals surface area (Å²) in [7, 11) is 0. The molecule has 158 valence electrons. The van der Waals surface area contributed by atoms with E-state index in [0.717, 1.165) is 22.2 Å². The third-order valence-corrected chi connectivity index (χ3v) is 5.23. The number of halogens is 2. The first-order valence-corrected chi connectivity index (χ1v) is 10.3. The van der Waals surface area contributed by atoms with Crippen LogP contribution in [0.15, 0.2) is 101 Å². The van der Waals surface area contributed by atoms with E-state index in [2.05, 4.69) is 4.98 Å². The molecule has 1 heterocycles. The summed E-state index contributed by atoms with van der Waals surface area (Å²) < 4.78 is 39.0. The molecular weight excluding hydrogens is 408 g/mol. The maximum atomic E-state index is 13.5. The van der Waals surface area contributed by atoms with Gasteiger partial charge in [0.1, 0.15) is 29.0 Å². The Morgan fingerprint density at radius 1 is 0.781 bits per heavy atom. The van der Waals surface area contributed by atoms with Crippen LogP contribution in [0, 0.1) is 11.6 Å². The number of nitrogens with zero attached hydrogens (tertiary/aromatic N) is 1. The molecule has 0 saturated carbocycles. The van der Waals surface area contributed by atoms with Crippen LogP contribution in [0.5, 0.6) is 5.75 Å². The van der Waals surface area contributed by atoms with Crippen molar-refractivity contribution in [3.63, 3.8) is 0 Å². The Kier molecular flexibility index (Phi) is 5.38. The molecule has 0 aliphatic carbocycles. The Labute approximate surface area is 183 Å². The second kappa shape index (κ2) is 8.63. The van der Waals surface area contributed by atoms with Gasteiger partial charge in [-0.3, -0.25) is 0 Å². The van der Waals surface area contributed by atoms with Crippen molar-refractivity contribution in [2.75, 3.05) is 0 Å². The van der Waals surface area contributed by atoms with Gasteiger partial charge in [-0.25, -0.2) is 13.8 Å². The highest BCUT2D eigenvalue weighted by Gasteiger charge is 2.16. The second-order valence-electron chi connectivity index (χ2n) is 7.50. The van der Waals surface area contributed by atoms with Crippen molar-refractivity contribution in [2.45, 2.75) is 12.5 Å². The highest BCUT2D eigenvalue weighted by Crippen LogP contribution is 2.30. The Hall–Kier alpha value is -3.99. The predicted molar refractivity (Wildman–Crippen MR) is 119 cm³/mol. The van der Waals surface area contributed by atoms with Crippen LogP contribution in [0.25, 0.3) is 22.6 Å². The van der Waals surface area contributed by atoms with Gasteiger partial charge in [-0.05, 0) is 65.7 Å². The molecule has 5 rings (SSSR count). The lowest BCUT2D eigenvalue weighted by molar-refractivity contribution is 0.206. The first-order valence-electron chi connectivity index (χ1n) is 10.3. The number of benzene rings is 4. The fourth-order valence-electron chi connectivity index (χ4n) is 3.60. The van der Waals surface area contributed by atoms with Crippen LogP contribution in [-0.2, 0) is 6.42 Å². The number of hydrogen-bond acceptors (Lipinski definition) is 3. The minimum atomic E-state index is -0.389. The van der Waals surface area contributed by atoms with Gasteiger partial charge in [-0.15, -0.1) is 0 Å². The van der Waals surface area contributed by atoms with Crippen LogP contribution in [0.4, 0.5) is 8.78 Å². The number of fused-ring (bicyclic) bond motifs is 1. The van der Waals surface area contributed by atoms with E-state index < -0.39 is 0 Å². The van der Waals surface area contributed by atoms with Gasteiger partial charge >= 0.3 is 0 Å². The number of aromatic nitrogens is 1. The van der Waals surface area contributed by atoms with Crippen LogP contribution in [-0.4, -0.2) is 4.98 Å². The van der Waals surface area contributed by atoms with Crippen LogP contribution in [0.1, 0.15) is 17.2 Å². The van der Waals surface area contributed by atoms with Crippen molar-refractivity contribution in [2.24, 2.45) is 0 Å². The molecule has 0 radical (unpaired) electrons. The van der Waals surface area contributed by atoms with Crippen molar-refractivity contribution in [1.82, 2.24) is 4.98 Å². The summed E-state index contributed by atoms with van der Waals surface area (Å²) in [6.07, 6.45) is 0.110. The molecule has 0 amide bonds. The van der Waals surface area contributed by atoms with Gasteiger partial charge in [0.25, 0.3) is 0 Å². The molecule has 5 heteroatoms. The van der Waals surface area contributed by atoms with Crippen LogP contribution >= 0.6 is 0 Å². The maximum absolute atomic E-state index is 13.5. The molecule has 0 spiro atoms. The Morgan fingerprint density at radius 3 is 2.25 bits per heavy atom. The van der Waals surface area contributed by atoms with Crippen molar-refractivity contribution in [3.8, 4) is 17.2 Å². The van der Waals surface area contributed by atoms with Gasteiger partial charge in [0.15, 0.2) is 5.58 Å². The van der Waals surface area contributed by atoms with Crippen molar-refractivity contribution in [3.05, 3.63) is 120 Å². The molecule has 0 N–H and O–H groups in total. The van der Waals surface area contributed by atoms with E-state index in [1.807, 2.05) is 48.5 Å². The molecule has 4 aromatic carbocycles. The van der Waals surface area contributed by atoms with Crippen molar-refractivity contribution >= 4 is 11.1 Å². The minimum Gasteiger partial charge on any atom is -0.485 e. The van der Waals surface area contributed by atoms with Crippen LogP contribution < -0.4 is 4.74 Å². The zero-order valence-electron chi connectivity index (χ0n) is 17.0. The molecule has 0 bridgehead atoms. The zero-order chi connectivity index (χ0) is 21.9. The number of hydrogen-bond donors (Lipinski definition) is 0. The summed E-state index contributed by atoms with van der Waals surface area (Å²) in [6, 6.07) is 27.6. The summed E-state index contributed by atoms with van der Waals surface area (Å²) in [5.74, 6) is 0.529.